The van der Waals surface area contributed by atoms with Gasteiger partial charge in [0.2, 0.25) is 11.0 Å². The summed E-state index contributed by atoms with van der Waals surface area (Å²) >= 11 is 8.34. The van der Waals surface area contributed by atoms with Crippen LogP contribution in [0, 0.1) is 5.82 Å². The smallest absolute Gasteiger partial charge is 0.237 e. The van der Waals surface area contributed by atoms with Gasteiger partial charge in [-0.15, -0.1) is 16.8 Å². The van der Waals surface area contributed by atoms with Gasteiger partial charge in [0.1, 0.15) is 5.82 Å². The van der Waals surface area contributed by atoms with E-state index in [-0.39, 0.29) is 16.2 Å². The van der Waals surface area contributed by atoms with Crippen molar-refractivity contribution in [3.8, 4) is 0 Å². The summed E-state index contributed by atoms with van der Waals surface area (Å²) in [6.45, 7) is 5.96. The Balaban J connectivity index is 1.92. The maximum atomic E-state index is 13.1. The second-order valence-corrected chi connectivity index (χ2v) is 7.39. The third kappa shape index (κ3) is 5.19. The van der Waals surface area contributed by atoms with E-state index >= 15 is 0 Å². The minimum absolute atomic E-state index is 0.0369. The number of halogens is 2. The van der Waals surface area contributed by atoms with Crippen LogP contribution < -0.4 is 10.6 Å². The van der Waals surface area contributed by atoms with Gasteiger partial charge < -0.3 is 10.6 Å². The third-order valence-electron chi connectivity index (χ3n) is 2.64. The first kappa shape index (κ1) is 17.7. The lowest BCUT2D eigenvalue weighted by Crippen LogP contribution is -2.22. The monoisotopic (exact) mass is 372 g/mol. The predicted molar refractivity (Wildman–Crippen MR) is 94.0 cm³/mol. The molecule has 0 radical (unpaired) electrons. The van der Waals surface area contributed by atoms with E-state index in [1.165, 1.54) is 41.3 Å². The van der Waals surface area contributed by atoms with Crippen molar-refractivity contribution in [2.75, 3.05) is 17.2 Å². The maximum Gasteiger partial charge on any atom is 0.237 e. The normalized spacial score (nSPS) is 11.8. The number of carbonyl (C=O) groups is 1. The highest BCUT2D eigenvalue weighted by Crippen LogP contribution is 2.29. The van der Waals surface area contributed by atoms with Gasteiger partial charge in [0.25, 0.3) is 0 Å². The SMILES string of the molecule is C=CCNc1nnc(S[C@@H](C)C(=O)Nc2ccc(F)c(Cl)c2)s1. The molecule has 2 N–H and O–H groups in total. The van der Waals surface area contributed by atoms with Gasteiger partial charge in [0.05, 0.1) is 10.3 Å². The number of anilines is 2. The van der Waals surface area contributed by atoms with Crippen molar-refractivity contribution in [3.05, 3.63) is 41.7 Å². The number of aromatic nitrogens is 2. The molecule has 23 heavy (non-hydrogen) atoms. The molecule has 0 aliphatic heterocycles. The molecule has 5 nitrogen and oxygen atoms in total. The Morgan fingerprint density at radius 1 is 1.57 bits per heavy atom. The van der Waals surface area contributed by atoms with Crippen LogP contribution in [0.1, 0.15) is 6.92 Å². The largest absolute Gasteiger partial charge is 0.357 e. The van der Waals surface area contributed by atoms with Gasteiger partial charge in [-0.1, -0.05) is 40.8 Å². The standard InChI is InChI=1S/C14H14ClFN4OS2/c1-3-6-17-13-19-20-14(23-13)22-8(2)12(21)18-9-4-5-11(16)10(15)7-9/h3-5,7-8H,1,6H2,2H3,(H,17,19)(H,18,21)/t8-/m0/s1. The minimum atomic E-state index is -0.527. The molecular formula is C14H14ClFN4OS2. The van der Waals surface area contributed by atoms with Crippen LogP contribution in [0.3, 0.4) is 0 Å². The molecule has 2 rings (SSSR count). The van der Waals surface area contributed by atoms with Crippen molar-refractivity contribution in [2.45, 2.75) is 16.5 Å². The number of amides is 1. The molecule has 0 spiro atoms. The Morgan fingerprint density at radius 2 is 2.35 bits per heavy atom. The fourth-order valence-electron chi connectivity index (χ4n) is 1.51. The van der Waals surface area contributed by atoms with Crippen molar-refractivity contribution >= 4 is 51.4 Å². The molecule has 1 aromatic heterocycles. The topological polar surface area (TPSA) is 66.9 Å². The van der Waals surface area contributed by atoms with E-state index in [9.17, 15) is 9.18 Å². The number of rotatable bonds is 7. The van der Waals surface area contributed by atoms with Crippen molar-refractivity contribution in [1.29, 1.82) is 0 Å². The van der Waals surface area contributed by atoms with Crippen molar-refractivity contribution in [3.63, 3.8) is 0 Å². The lowest BCUT2D eigenvalue weighted by atomic mass is 10.3. The van der Waals surface area contributed by atoms with Gasteiger partial charge in [-0.05, 0) is 25.1 Å². The molecule has 1 heterocycles. The summed E-state index contributed by atoms with van der Waals surface area (Å²) in [7, 11) is 0. The Kier molecular flexibility index (Phi) is 6.37. The lowest BCUT2D eigenvalue weighted by molar-refractivity contribution is -0.115. The molecular weight excluding hydrogens is 359 g/mol. The van der Waals surface area contributed by atoms with Crippen LogP contribution in [0.5, 0.6) is 0 Å². The highest BCUT2D eigenvalue weighted by Gasteiger charge is 2.17. The van der Waals surface area contributed by atoms with E-state index in [0.29, 0.717) is 21.7 Å². The summed E-state index contributed by atoms with van der Waals surface area (Å²) in [6, 6.07) is 4.03. The predicted octanol–water partition coefficient (Wildman–Crippen LogP) is 4.05. The maximum absolute atomic E-state index is 13.1. The van der Waals surface area contributed by atoms with Gasteiger partial charge in [0, 0.05) is 12.2 Å². The van der Waals surface area contributed by atoms with Crippen LogP contribution in [0.2, 0.25) is 5.02 Å². The molecule has 0 fully saturated rings. The zero-order chi connectivity index (χ0) is 16.8. The van der Waals surface area contributed by atoms with Crippen LogP contribution in [0.15, 0.2) is 35.2 Å². The average Bonchev–Trinajstić information content (AvgIpc) is 2.96. The number of thioether (sulfide) groups is 1. The van der Waals surface area contributed by atoms with Crippen LogP contribution in [0.4, 0.5) is 15.2 Å². The molecule has 1 aromatic carbocycles. The van der Waals surface area contributed by atoms with Gasteiger partial charge in [-0.2, -0.15) is 0 Å². The summed E-state index contributed by atoms with van der Waals surface area (Å²) in [4.78, 5) is 12.2. The Morgan fingerprint density at radius 3 is 3.04 bits per heavy atom. The van der Waals surface area contributed by atoms with E-state index in [1.807, 2.05) is 0 Å². The molecule has 1 amide bonds. The van der Waals surface area contributed by atoms with E-state index in [2.05, 4.69) is 27.4 Å². The number of hydrogen-bond acceptors (Lipinski definition) is 6. The first-order chi connectivity index (χ1) is 11.0. The highest BCUT2D eigenvalue weighted by molar-refractivity contribution is 8.02. The summed E-state index contributed by atoms with van der Waals surface area (Å²) in [5, 5.41) is 13.9. The van der Waals surface area contributed by atoms with Crippen molar-refractivity contribution < 1.29 is 9.18 Å². The second-order valence-electron chi connectivity index (χ2n) is 4.42. The first-order valence-corrected chi connectivity index (χ1v) is 8.68. The van der Waals surface area contributed by atoms with E-state index in [0.717, 1.165) is 0 Å². The van der Waals surface area contributed by atoms with Gasteiger partial charge in [-0.25, -0.2) is 4.39 Å². The number of nitrogens with zero attached hydrogens (tertiary/aromatic N) is 2. The van der Waals surface area contributed by atoms with Gasteiger partial charge >= 0.3 is 0 Å². The fraction of sp³-hybridized carbons (Fsp3) is 0.214. The zero-order valence-corrected chi connectivity index (χ0v) is 14.6. The molecule has 9 heteroatoms. The van der Waals surface area contributed by atoms with Crippen molar-refractivity contribution in [1.82, 2.24) is 10.2 Å². The molecule has 2 aromatic rings. The molecule has 0 aliphatic carbocycles. The number of carbonyl (C=O) groups excluding carboxylic acids is 1. The molecule has 0 unspecified atom stereocenters. The molecule has 0 bridgehead atoms. The lowest BCUT2D eigenvalue weighted by Gasteiger charge is -2.10. The number of hydrogen-bond donors (Lipinski definition) is 2. The number of nitrogens with one attached hydrogen (secondary N) is 2. The summed E-state index contributed by atoms with van der Waals surface area (Å²) in [5.74, 6) is -0.756. The van der Waals surface area contributed by atoms with Crippen LogP contribution in [-0.4, -0.2) is 27.9 Å². The van der Waals surface area contributed by atoms with Crippen molar-refractivity contribution in [2.24, 2.45) is 0 Å². The fourth-order valence-corrected chi connectivity index (χ4v) is 3.59. The van der Waals surface area contributed by atoms with Crippen LogP contribution >= 0.6 is 34.7 Å². The molecule has 0 aliphatic rings. The van der Waals surface area contributed by atoms with E-state index < -0.39 is 5.82 Å². The second kappa shape index (κ2) is 8.28. The summed E-state index contributed by atoms with van der Waals surface area (Å²) < 4.78 is 13.8. The first-order valence-electron chi connectivity index (χ1n) is 6.60. The molecule has 0 saturated heterocycles. The minimum Gasteiger partial charge on any atom is -0.357 e. The van der Waals surface area contributed by atoms with Crippen LogP contribution in [-0.2, 0) is 4.79 Å². The van der Waals surface area contributed by atoms with Crippen LogP contribution in [0.25, 0.3) is 0 Å². The zero-order valence-electron chi connectivity index (χ0n) is 12.2. The highest BCUT2D eigenvalue weighted by atomic mass is 35.5. The average molecular weight is 373 g/mol. The Bertz CT molecular complexity index is 710. The molecule has 1 atom stereocenters. The third-order valence-corrected chi connectivity index (χ3v) is 4.99. The van der Waals surface area contributed by atoms with E-state index in [1.54, 1.807) is 13.0 Å². The van der Waals surface area contributed by atoms with E-state index in [4.69, 9.17) is 11.6 Å². The quantitative estimate of drug-likeness (QED) is 0.567. The Labute approximate surface area is 146 Å². The molecule has 0 saturated carbocycles. The van der Waals surface area contributed by atoms with Gasteiger partial charge in [0.15, 0.2) is 4.34 Å². The Hall–Kier alpha value is -1.64. The van der Waals surface area contributed by atoms with Gasteiger partial charge in [-0.3, -0.25) is 4.79 Å². The number of benzene rings is 1. The molecule has 122 valence electrons. The summed E-state index contributed by atoms with van der Waals surface area (Å²) in [5.41, 5.74) is 0.444. The summed E-state index contributed by atoms with van der Waals surface area (Å²) in [6.07, 6.45) is 1.72.